The van der Waals surface area contributed by atoms with Gasteiger partial charge >= 0.3 is 5.91 Å². The summed E-state index contributed by atoms with van der Waals surface area (Å²) in [5.74, 6) is -0.122. The van der Waals surface area contributed by atoms with Crippen LogP contribution in [0.25, 0.3) is 0 Å². The summed E-state index contributed by atoms with van der Waals surface area (Å²) in [4.78, 5) is 11.6. The van der Waals surface area contributed by atoms with Gasteiger partial charge in [0.25, 0.3) is 0 Å². The molecular formula is C16H18N2O2. The molecule has 0 saturated heterocycles. The van der Waals surface area contributed by atoms with Crippen LogP contribution >= 0.6 is 0 Å². The molecule has 104 valence electrons. The first kappa shape index (κ1) is 14.1. The third kappa shape index (κ3) is 3.57. The Morgan fingerprint density at radius 3 is 2.45 bits per heavy atom. The van der Waals surface area contributed by atoms with E-state index in [0.717, 1.165) is 5.56 Å². The van der Waals surface area contributed by atoms with E-state index in [2.05, 4.69) is 43.4 Å². The van der Waals surface area contributed by atoms with Crippen molar-refractivity contribution in [3.63, 3.8) is 0 Å². The highest BCUT2D eigenvalue weighted by atomic mass is 16.3. The smallest absolute Gasteiger partial charge is 0.307 e. The maximum absolute atomic E-state index is 11.6. The average Bonchev–Trinajstić information content (AvgIpc) is 2.92. The second-order valence-corrected chi connectivity index (χ2v) is 5.55. The van der Waals surface area contributed by atoms with Gasteiger partial charge in [0.1, 0.15) is 0 Å². The number of carbonyl (C=O) groups excluding carboxylic acids is 1. The number of rotatable bonds is 3. The summed E-state index contributed by atoms with van der Waals surface area (Å²) >= 11 is 0. The third-order valence-electron chi connectivity index (χ3n) is 2.90. The Hall–Kier alpha value is -2.36. The van der Waals surface area contributed by atoms with E-state index in [1.54, 1.807) is 18.3 Å². The van der Waals surface area contributed by atoms with Crippen molar-refractivity contribution in [2.75, 3.05) is 0 Å². The number of carbonyl (C=O) groups is 1. The molecule has 0 bridgehead atoms. The van der Waals surface area contributed by atoms with E-state index in [4.69, 9.17) is 4.42 Å². The molecule has 4 heteroatoms. The van der Waals surface area contributed by atoms with Gasteiger partial charge in [-0.2, -0.15) is 5.10 Å². The van der Waals surface area contributed by atoms with E-state index in [0.29, 0.717) is 0 Å². The highest BCUT2D eigenvalue weighted by Gasteiger charge is 2.12. The zero-order chi connectivity index (χ0) is 14.6. The first-order valence-electron chi connectivity index (χ1n) is 6.44. The van der Waals surface area contributed by atoms with Crippen LogP contribution in [0.2, 0.25) is 0 Å². The van der Waals surface area contributed by atoms with E-state index >= 15 is 0 Å². The summed E-state index contributed by atoms with van der Waals surface area (Å²) in [6.07, 6.45) is 3.05. The Morgan fingerprint density at radius 2 is 1.90 bits per heavy atom. The molecule has 1 amide bonds. The topological polar surface area (TPSA) is 54.6 Å². The van der Waals surface area contributed by atoms with Gasteiger partial charge in [0.15, 0.2) is 5.76 Å². The Balaban J connectivity index is 1.97. The summed E-state index contributed by atoms with van der Waals surface area (Å²) in [6.45, 7) is 6.50. The van der Waals surface area contributed by atoms with Crippen molar-refractivity contribution >= 4 is 12.1 Å². The molecule has 0 aliphatic heterocycles. The van der Waals surface area contributed by atoms with Gasteiger partial charge < -0.3 is 4.42 Å². The lowest BCUT2D eigenvalue weighted by molar-refractivity contribution is 0.0927. The number of hydrazone groups is 1. The molecule has 20 heavy (non-hydrogen) atoms. The van der Waals surface area contributed by atoms with Crippen LogP contribution in [-0.4, -0.2) is 12.1 Å². The summed E-state index contributed by atoms with van der Waals surface area (Å²) in [7, 11) is 0. The molecule has 1 aromatic heterocycles. The maximum atomic E-state index is 11.6. The van der Waals surface area contributed by atoms with E-state index < -0.39 is 0 Å². The van der Waals surface area contributed by atoms with E-state index in [1.807, 2.05) is 12.1 Å². The Kier molecular flexibility index (Phi) is 4.03. The molecule has 0 fully saturated rings. The number of amides is 1. The molecule has 1 N–H and O–H groups in total. The van der Waals surface area contributed by atoms with Gasteiger partial charge in [-0.3, -0.25) is 4.79 Å². The number of nitrogens with zero attached hydrogens (tertiary/aromatic N) is 1. The highest BCUT2D eigenvalue weighted by molar-refractivity contribution is 5.92. The van der Waals surface area contributed by atoms with Gasteiger partial charge in [-0.15, -0.1) is 0 Å². The van der Waals surface area contributed by atoms with Crippen molar-refractivity contribution in [3.8, 4) is 0 Å². The molecule has 0 atom stereocenters. The Bertz CT molecular complexity index is 590. The summed E-state index contributed by atoms with van der Waals surface area (Å²) < 4.78 is 4.97. The second-order valence-electron chi connectivity index (χ2n) is 5.55. The van der Waals surface area contributed by atoms with Gasteiger partial charge in [-0.05, 0) is 28.7 Å². The first-order valence-corrected chi connectivity index (χ1v) is 6.44. The molecule has 0 aliphatic carbocycles. The van der Waals surface area contributed by atoms with E-state index in [-0.39, 0.29) is 17.1 Å². The molecule has 1 heterocycles. The molecular weight excluding hydrogens is 252 g/mol. The van der Waals surface area contributed by atoms with Crippen molar-refractivity contribution < 1.29 is 9.21 Å². The van der Waals surface area contributed by atoms with Crippen molar-refractivity contribution in [3.05, 3.63) is 59.5 Å². The van der Waals surface area contributed by atoms with Crippen LogP contribution < -0.4 is 5.43 Å². The SMILES string of the molecule is CC(C)(C)c1ccc(/C=N/NC(=O)c2ccco2)cc1. The van der Waals surface area contributed by atoms with E-state index in [9.17, 15) is 4.79 Å². The van der Waals surface area contributed by atoms with Crippen LogP contribution in [-0.2, 0) is 5.41 Å². The quantitative estimate of drug-likeness (QED) is 0.687. The minimum absolute atomic E-state index is 0.128. The lowest BCUT2D eigenvalue weighted by atomic mass is 9.87. The second kappa shape index (κ2) is 5.74. The average molecular weight is 270 g/mol. The molecule has 0 spiro atoms. The Labute approximate surface area is 118 Å². The maximum Gasteiger partial charge on any atom is 0.307 e. The van der Waals surface area contributed by atoms with Gasteiger partial charge in [0.2, 0.25) is 0 Å². The largest absolute Gasteiger partial charge is 0.459 e. The first-order chi connectivity index (χ1) is 9.47. The minimum Gasteiger partial charge on any atom is -0.459 e. The van der Waals surface area contributed by atoms with Gasteiger partial charge in [0, 0.05) is 0 Å². The number of benzene rings is 1. The van der Waals surface area contributed by atoms with E-state index in [1.165, 1.54) is 11.8 Å². The van der Waals surface area contributed by atoms with Crippen LogP contribution in [0.1, 0.15) is 42.5 Å². The molecule has 0 unspecified atom stereocenters. The molecule has 2 aromatic rings. The monoisotopic (exact) mass is 270 g/mol. The van der Waals surface area contributed by atoms with Crippen LogP contribution in [0.15, 0.2) is 52.2 Å². The van der Waals surface area contributed by atoms with Crippen LogP contribution in [0.5, 0.6) is 0 Å². The fourth-order valence-corrected chi connectivity index (χ4v) is 1.70. The number of furan rings is 1. The molecule has 0 aliphatic rings. The van der Waals surface area contributed by atoms with Crippen molar-refractivity contribution in [2.45, 2.75) is 26.2 Å². The number of hydrogen-bond donors (Lipinski definition) is 1. The molecule has 4 nitrogen and oxygen atoms in total. The van der Waals surface area contributed by atoms with Gasteiger partial charge in [-0.25, -0.2) is 5.43 Å². The molecule has 1 aromatic carbocycles. The summed E-state index contributed by atoms with van der Waals surface area (Å²) in [5.41, 5.74) is 4.73. The van der Waals surface area contributed by atoms with Gasteiger partial charge in [0.05, 0.1) is 12.5 Å². The molecule has 0 radical (unpaired) electrons. The minimum atomic E-state index is -0.363. The lowest BCUT2D eigenvalue weighted by Crippen LogP contribution is -2.16. The van der Waals surface area contributed by atoms with Crippen LogP contribution in [0.3, 0.4) is 0 Å². The summed E-state index contributed by atoms with van der Waals surface area (Å²) in [6, 6.07) is 11.3. The fourth-order valence-electron chi connectivity index (χ4n) is 1.70. The predicted molar refractivity (Wildman–Crippen MR) is 78.9 cm³/mol. The normalized spacial score (nSPS) is 11.8. The predicted octanol–water partition coefficient (Wildman–Crippen LogP) is 3.34. The fraction of sp³-hybridized carbons (Fsp3) is 0.250. The zero-order valence-electron chi connectivity index (χ0n) is 11.9. The third-order valence-corrected chi connectivity index (χ3v) is 2.90. The number of hydrogen-bond acceptors (Lipinski definition) is 3. The highest BCUT2D eigenvalue weighted by Crippen LogP contribution is 2.21. The van der Waals surface area contributed by atoms with Crippen molar-refractivity contribution in [1.29, 1.82) is 0 Å². The van der Waals surface area contributed by atoms with Crippen molar-refractivity contribution in [1.82, 2.24) is 5.43 Å². The van der Waals surface area contributed by atoms with Crippen LogP contribution in [0.4, 0.5) is 0 Å². The molecule has 2 rings (SSSR count). The van der Waals surface area contributed by atoms with Gasteiger partial charge in [-0.1, -0.05) is 45.0 Å². The number of nitrogens with one attached hydrogen (secondary N) is 1. The van der Waals surface area contributed by atoms with Crippen molar-refractivity contribution in [2.24, 2.45) is 5.10 Å². The zero-order valence-corrected chi connectivity index (χ0v) is 11.9. The summed E-state index contributed by atoms with van der Waals surface area (Å²) in [5, 5.41) is 3.90. The standard InChI is InChI=1S/C16H18N2O2/c1-16(2,3)13-8-6-12(7-9-13)11-17-18-15(19)14-5-4-10-20-14/h4-11H,1-3H3,(H,18,19)/b17-11+. The lowest BCUT2D eigenvalue weighted by Gasteiger charge is -2.18. The molecule has 0 saturated carbocycles. The Morgan fingerprint density at radius 1 is 1.20 bits per heavy atom. The van der Waals surface area contributed by atoms with Crippen LogP contribution in [0, 0.1) is 0 Å².